The largest absolute Gasteiger partial charge is 0.496 e. The average molecular weight is 322 g/mol. The molecule has 1 N–H and O–H groups in total. The minimum atomic E-state index is -0.491. The fourth-order valence-corrected chi connectivity index (χ4v) is 2.15. The molecular formula is C19H18N2O3. The number of nitrogens with zero attached hydrogens (tertiary/aromatic N) is 1. The summed E-state index contributed by atoms with van der Waals surface area (Å²) in [6, 6.07) is 14.5. The highest BCUT2D eigenvalue weighted by Crippen LogP contribution is 2.30. The third kappa shape index (κ3) is 3.93. The Hall–Kier alpha value is -3.26. The number of carbonyl (C=O) groups excluding carboxylic acids is 1. The Morgan fingerprint density at radius 3 is 2.17 bits per heavy atom. The number of nitrogens with one attached hydrogen (secondary N) is 1. The highest BCUT2D eigenvalue weighted by Gasteiger charge is 2.14. The first-order valence-electron chi connectivity index (χ1n) is 7.30. The van der Waals surface area contributed by atoms with Crippen molar-refractivity contribution in [3.8, 4) is 17.6 Å². The lowest BCUT2D eigenvalue weighted by Gasteiger charge is -2.10. The lowest BCUT2D eigenvalue weighted by atomic mass is 10.1. The van der Waals surface area contributed by atoms with Crippen molar-refractivity contribution in [3.05, 3.63) is 59.2 Å². The molecule has 5 nitrogen and oxygen atoms in total. The van der Waals surface area contributed by atoms with E-state index in [4.69, 9.17) is 9.47 Å². The number of amides is 1. The van der Waals surface area contributed by atoms with Crippen molar-refractivity contribution >= 4 is 17.7 Å². The van der Waals surface area contributed by atoms with Crippen LogP contribution in [0.1, 0.15) is 11.1 Å². The summed E-state index contributed by atoms with van der Waals surface area (Å²) in [6.07, 6.45) is 1.46. The summed E-state index contributed by atoms with van der Waals surface area (Å²) in [4.78, 5) is 12.3. The van der Waals surface area contributed by atoms with Crippen molar-refractivity contribution < 1.29 is 14.3 Å². The Morgan fingerprint density at radius 2 is 1.67 bits per heavy atom. The van der Waals surface area contributed by atoms with Gasteiger partial charge in [0.25, 0.3) is 5.91 Å². The van der Waals surface area contributed by atoms with Gasteiger partial charge < -0.3 is 14.8 Å². The van der Waals surface area contributed by atoms with Crippen LogP contribution in [0.2, 0.25) is 0 Å². The number of methoxy groups -OCH3 is 2. The number of nitriles is 1. The van der Waals surface area contributed by atoms with Gasteiger partial charge in [0.05, 0.1) is 19.8 Å². The summed E-state index contributed by atoms with van der Waals surface area (Å²) < 4.78 is 10.6. The molecule has 2 aromatic rings. The molecule has 0 bridgehead atoms. The predicted octanol–water partition coefficient (Wildman–Crippen LogP) is 3.56. The molecule has 2 rings (SSSR count). The van der Waals surface area contributed by atoms with E-state index < -0.39 is 5.91 Å². The van der Waals surface area contributed by atoms with Crippen LogP contribution in [0.25, 0.3) is 6.08 Å². The second kappa shape index (κ2) is 7.84. The number of hydrogen-bond donors (Lipinski definition) is 1. The smallest absolute Gasteiger partial charge is 0.266 e. The minimum absolute atomic E-state index is 0.0432. The van der Waals surface area contributed by atoms with Crippen LogP contribution in [0.15, 0.2) is 48.0 Å². The molecule has 0 aliphatic heterocycles. The lowest BCUT2D eigenvalue weighted by molar-refractivity contribution is -0.112. The first-order chi connectivity index (χ1) is 11.6. The zero-order valence-electron chi connectivity index (χ0n) is 13.8. The second-order valence-electron chi connectivity index (χ2n) is 5.07. The molecule has 24 heavy (non-hydrogen) atoms. The SMILES string of the molecule is COc1cccc(OC)c1/C=C(\C#N)C(=O)Nc1ccc(C)cc1. The molecule has 0 atom stereocenters. The summed E-state index contributed by atoms with van der Waals surface area (Å²) in [5.41, 5.74) is 2.21. The summed E-state index contributed by atoms with van der Waals surface area (Å²) in [6.45, 7) is 1.96. The van der Waals surface area contributed by atoms with Crippen LogP contribution in [-0.4, -0.2) is 20.1 Å². The van der Waals surface area contributed by atoms with Crippen molar-refractivity contribution in [1.29, 1.82) is 5.26 Å². The standard InChI is InChI=1S/C19H18N2O3/c1-13-7-9-15(10-8-13)21-19(22)14(12-20)11-16-17(23-2)5-4-6-18(16)24-3/h4-11H,1-3H3,(H,21,22)/b14-11+. The van der Waals surface area contributed by atoms with Crippen LogP contribution in [0.3, 0.4) is 0 Å². The molecule has 5 heteroatoms. The summed E-state index contributed by atoms with van der Waals surface area (Å²) in [5.74, 6) is 0.546. The first-order valence-corrected chi connectivity index (χ1v) is 7.30. The van der Waals surface area contributed by atoms with E-state index in [1.165, 1.54) is 20.3 Å². The quantitative estimate of drug-likeness (QED) is 0.675. The Labute approximate surface area is 141 Å². The van der Waals surface area contributed by atoms with Gasteiger partial charge in [-0.1, -0.05) is 23.8 Å². The van der Waals surface area contributed by atoms with E-state index in [1.807, 2.05) is 25.1 Å². The van der Waals surface area contributed by atoms with E-state index in [2.05, 4.69) is 5.32 Å². The fourth-order valence-electron chi connectivity index (χ4n) is 2.15. The molecule has 0 spiro atoms. The molecule has 2 aromatic carbocycles. The molecule has 0 radical (unpaired) electrons. The topological polar surface area (TPSA) is 71.3 Å². The highest BCUT2D eigenvalue weighted by molar-refractivity contribution is 6.10. The number of benzene rings is 2. The Balaban J connectivity index is 2.34. The van der Waals surface area contributed by atoms with E-state index >= 15 is 0 Å². The Morgan fingerprint density at radius 1 is 1.08 bits per heavy atom. The third-order valence-corrected chi connectivity index (χ3v) is 3.43. The summed E-state index contributed by atoms with van der Waals surface area (Å²) >= 11 is 0. The van der Waals surface area contributed by atoms with Gasteiger partial charge in [-0.2, -0.15) is 5.26 Å². The molecule has 0 heterocycles. The maximum Gasteiger partial charge on any atom is 0.266 e. The molecule has 0 fully saturated rings. The molecule has 122 valence electrons. The number of carbonyl (C=O) groups is 1. The van der Waals surface area contributed by atoms with Crippen LogP contribution >= 0.6 is 0 Å². The average Bonchev–Trinajstić information content (AvgIpc) is 2.61. The molecule has 0 saturated carbocycles. The normalized spacial score (nSPS) is 10.7. The van der Waals surface area contributed by atoms with Crippen molar-refractivity contribution in [2.75, 3.05) is 19.5 Å². The summed E-state index contributed by atoms with van der Waals surface area (Å²) in [7, 11) is 3.04. The molecule has 0 unspecified atom stereocenters. The van der Waals surface area contributed by atoms with Gasteiger partial charge in [0.15, 0.2) is 0 Å². The van der Waals surface area contributed by atoms with E-state index in [0.29, 0.717) is 22.7 Å². The van der Waals surface area contributed by atoms with Crippen LogP contribution in [0, 0.1) is 18.3 Å². The Bertz CT molecular complexity index is 780. The van der Waals surface area contributed by atoms with Crippen molar-refractivity contribution in [3.63, 3.8) is 0 Å². The van der Waals surface area contributed by atoms with Gasteiger partial charge in [0, 0.05) is 5.69 Å². The maximum atomic E-state index is 12.3. The zero-order valence-corrected chi connectivity index (χ0v) is 13.8. The van der Waals surface area contributed by atoms with Gasteiger partial charge >= 0.3 is 0 Å². The zero-order chi connectivity index (χ0) is 17.5. The summed E-state index contributed by atoms with van der Waals surface area (Å²) in [5, 5.41) is 12.1. The number of ether oxygens (including phenoxy) is 2. The molecule has 0 aliphatic rings. The van der Waals surface area contributed by atoms with Crippen molar-refractivity contribution in [2.45, 2.75) is 6.92 Å². The maximum absolute atomic E-state index is 12.3. The van der Waals surface area contributed by atoms with Crippen molar-refractivity contribution in [2.24, 2.45) is 0 Å². The number of aryl methyl sites for hydroxylation is 1. The van der Waals surface area contributed by atoms with E-state index in [-0.39, 0.29) is 5.57 Å². The lowest BCUT2D eigenvalue weighted by Crippen LogP contribution is -2.13. The van der Waals surface area contributed by atoms with Gasteiger partial charge in [-0.05, 0) is 37.3 Å². The monoisotopic (exact) mass is 322 g/mol. The molecule has 1 amide bonds. The minimum Gasteiger partial charge on any atom is -0.496 e. The molecular weight excluding hydrogens is 304 g/mol. The van der Waals surface area contributed by atoms with E-state index in [0.717, 1.165) is 5.56 Å². The third-order valence-electron chi connectivity index (χ3n) is 3.43. The van der Waals surface area contributed by atoms with Crippen LogP contribution in [0.5, 0.6) is 11.5 Å². The van der Waals surface area contributed by atoms with Gasteiger partial charge in [-0.15, -0.1) is 0 Å². The number of hydrogen-bond acceptors (Lipinski definition) is 4. The number of rotatable bonds is 5. The number of anilines is 1. The first kappa shape index (κ1) is 17.1. The van der Waals surface area contributed by atoms with Crippen LogP contribution < -0.4 is 14.8 Å². The van der Waals surface area contributed by atoms with Gasteiger partial charge in [0.2, 0.25) is 0 Å². The predicted molar refractivity (Wildman–Crippen MR) is 92.9 cm³/mol. The molecule has 0 aromatic heterocycles. The van der Waals surface area contributed by atoms with Crippen LogP contribution in [0.4, 0.5) is 5.69 Å². The van der Waals surface area contributed by atoms with Gasteiger partial charge in [-0.3, -0.25) is 4.79 Å². The molecule has 0 aliphatic carbocycles. The van der Waals surface area contributed by atoms with E-state index in [9.17, 15) is 10.1 Å². The van der Waals surface area contributed by atoms with Crippen LogP contribution in [-0.2, 0) is 4.79 Å². The van der Waals surface area contributed by atoms with Crippen molar-refractivity contribution in [1.82, 2.24) is 0 Å². The van der Waals surface area contributed by atoms with Gasteiger partial charge in [0.1, 0.15) is 23.1 Å². The molecule has 0 saturated heterocycles. The highest BCUT2D eigenvalue weighted by atomic mass is 16.5. The Kier molecular flexibility index (Phi) is 5.58. The van der Waals surface area contributed by atoms with E-state index in [1.54, 1.807) is 30.3 Å². The van der Waals surface area contributed by atoms with Gasteiger partial charge in [-0.25, -0.2) is 0 Å². The second-order valence-corrected chi connectivity index (χ2v) is 5.07. The fraction of sp³-hybridized carbons (Fsp3) is 0.158.